The van der Waals surface area contributed by atoms with Crippen LogP contribution in [0.1, 0.15) is 50.1 Å². The standard InChI is InChI=1S/C22H26N6O2/c1-13-24-16-9-14(10-23)5-6-17(16)28(13)21-25-19(22(2,3)4)18-20(26-21)27-7-8-29-11-15(27)12-30-18/h9,15H,5-8,11-12H2,1-4H3/t15-/m0/s1. The highest BCUT2D eigenvalue weighted by Gasteiger charge is 2.37. The summed E-state index contributed by atoms with van der Waals surface area (Å²) >= 11 is 0. The molecule has 1 aliphatic carbocycles. The van der Waals surface area contributed by atoms with Crippen LogP contribution in [0.5, 0.6) is 5.75 Å². The Labute approximate surface area is 176 Å². The fraction of sp³-hybridized carbons (Fsp3) is 0.545. The van der Waals surface area contributed by atoms with Crippen molar-refractivity contribution < 1.29 is 9.47 Å². The van der Waals surface area contributed by atoms with Crippen LogP contribution in [0, 0.1) is 18.3 Å². The lowest BCUT2D eigenvalue weighted by atomic mass is 9.90. The summed E-state index contributed by atoms with van der Waals surface area (Å²) < 4.78 is 13.9. The van der Waals surface area contributed by atoms with E-state index in [0.29, 0.717) is 32.2 Å². The molecule has 2 aliphatic heterocycles. The molecular formula is C22H26N6O2. The van der Waals surface area contributed by atoms with Gasteiger partial charge in [-0.2, -0.15) is 10.2 Å². The molecule has 2 aromatic heterocycles. The number of aryl methyl sites for hydroxylation is 1. The van der Waals surface area contributed by atoms with E-state index in [1.165, 1.54) is 0 Å². The number of hydrogen-bond donors (Lipinski definition) is 0. The molecule has 1 fully saturated rings. The van der Waals surface area contributed by atoms with Crippen LogP contribution in [0.3, 0.4) is 0 Å². The molecule has 8 heteroatoms. The Hall–Kier alpha value is -2.92. The molecule has 0 bridgehead atoms. The quantitative estimate of drug-likeness (QED) is 0.719. The van der Waals surface area contributed by atoms with Crippen LogP contribution in [-0.4, -0.2) is 51.9 Å². The topological polar surface area (TPSA) is 89.1 Å². The molecule has 30 heavy (non-hydrogen) atoms. The lowest BCUT2D eigenvalue weighted by Crippen LogP contribution is -2.52. The fourth-order valence-corrected chi connectivity index (χ4v) is 4.41. The van der Waals surface area contributed by atoms with Gasteiger partial charge in [-0.3, -0.25) is 4.57 Å². The van der Waals surface area contributed by atoms with Gasteiger partial charge in [-0.1, -0.05) is 20.8 Å². The van der Waals surface area contributed by atoms with Gasteiger partial charge < -0.3 is 14.4 Å². The Morgan fingerprint density at radius 2 is 2.00 bits per heavy atom. The molecule has 3 aliphatic rings. The van der Waals surface area contributed by atoms with Crippen LogP contribution in [0.15, 0.2) is 5.57 Å². The first kappa shape index (κ1) is 19.1. The number of allylic oxidation sites excluding steroid dienone is 1. The monoisotopic (exact) mass is 406 g/mol. The van der Waals surface area contributed by atoms with Crippen LogP contribution in [0.2, 0.25) is 0 Å². The molecule has 156 valence electrons. The average molecular weight is 406 g/mol. The summed E-state index contributed by atoms with van der Waals surface area (Å²) in [5.41, 5.74) is 3.36. The van der Waals surface area contributed by atoms with E-state index in [-0.39, 0.29) is 11.5 Å². The van der Waals surface area contributed by atoms with Gasteiger partial charge in [-0.15, -0.1) is 0 Å². The second-order valence-corrected chi connectivity index (χ2v) is 9.12. The molecule has 0 amide bonds. The second kappa shape index (κ2) is 6.81. The lowest BCUT2D eigenvalue weighted by Gasteiger charge is -2.41. The Morgan fingerprint density at radius 1 is 1.17 bits per heavy atom. The van der Waals surface area contributed by atoms with Crippen molar-refractivity contribution in [2.24, 2.45) is 0 Å². The zero-order valence-corrected chi connectivity index (χ0v) is 17.9. The summed E-state index contributed by atoms with van der Waals surface area (Å²) in [6.07, 6.45) is 3.34. The van der Waals surface area contributed by atoms with Gasteiger partial charge in [0, 0.05) is 17.5 Å². The van der Waals surface area contributed by atoms with E-state index in [4.69, 9.17) is 24.4 Å². The third kappa shape index (κ3) is 2.96. The third-order valence-corrected chi connectivity index (χ3v) is 5.92. The van der Waals surface area contributed by atoms with Gasteiger partial charge in [0.1, 0.15) is 12.4 Å². The summed E-state index contributed by atoms with van der Waals surface area (Å²) in [6.45, 7) is 11.1. The van der Waals surface area contributed by atoms with Crippen molar-refractivity contribution >= 4 is 11.9 Å². The molecule has 0 spiro atoms. The summed E-state index contributed by atoms with van der Waals surface area (Å²) in [7, 11) is 0. The minimum absolute atomic E-state index is 0.167. The number of aromatic nitrogens is 4. The Bertz CT molecular complexity index is 1090. The molecule has 0 unspecified atom stereocenters. The van der Waals surface area contributed by atoms with E-state index in [0.717, 1.165) is 53.0 Å². The van der Waals surface area contributed by atoms with Crippen molar-refractivity contribution in [1.29, 1.82) is 5.26 Å². The first-order chi connectivity index (χ1) is 14.4. The van der Waals surface area contributed by atoms with Gasteiger partial charge in [0.25, 0.3) is 0 Å². The normalized spacial score (nSPS) is 20.4. The largest absolute Gasteiger partial charge is 0.486 e. The number of hydrogen-bond acceptors (Lipinski definition) is 7. The fourth-order valence-electron chi connectivity index (χ4n) is 4.41. The molecule has 8 nitrogen and oxygen atoms in total. The molecule has 1 atom stereocenters. The predicted octanol–water partition coefficient (Wildman–Crippen LogP) is 2.72. The lowest BCUT2D eigenvalue weighted by molar-refractivity contribution is 0.0689. The van der Waals surface area contributed by atoms with Crippen molar-refractivity contribution in [2.45, 2.75) is 52.0 Å². The number of ether oxygens (including phenoxy) is 2. The number of imidazole rings is 1. The maximum absolute atomic E-state index is 9.27. The van der Waals surface area contributed by atoms with Crippen molar-refractivity contribution in [2.75, 3.05) is 31.3 Å². The Balaban J connectivity index is 1.71. The minimum Gasteiger partial charge on any atom is -0.486 e. The van der Waals surface area contributed by atoms with E-state index in [1.807, 2.05) is 17.6 Å². The Kier molecular flexibility index (Phi) is 4.33. The minimum atomic E-state index is -0.205. The van der Waals surface area contributed by atoms with Gasteiger partial charge >= 0.3 is 0 Å². The predicted molar refractivity (Wildman–Crippen MR) is 112 cm³/mol. The SMILES string of the molecule is Cc1nc2c(n1-c1nc3c(c(C(C)(C)C)n1)OC[C@@H]1COCCN31)CCC(C#N)=C2. The number of nitriles is 1. The van der Waals surface area contributed by atoms with Crippen molar-refractivity contribution in [1.82, 2.24) is 19.5 Å². The first-order valence-corrected chi connectivity index (χ1v) is 10.5. The highest BCUT2D eigenvalue weighted by atomic mass is 16.5. The van der Waals surface area contributed by atoms with Crippen LogP contribution in [0.25, 0.3) is 12.0 Å². The number of anilines is 1. The second-order valence-electron chi connectivity index (χ2n) is 9.12. The molecule has 1 saturated heterocycles. The van der Waals surface area contributed by atoms with Crippen molar-refractivity contribution in [3.05, 3.63) is 28.5 Å². The maximum Gasteiger partial charge on any atom is 0.237 e. The molecule has 4 heterocycles. The van der Waals surface area contributed by atoms with Gasteiger partial charge in [-0.05, 0) is 25.8 Å². The van der Waals surface area contributed by atoms with Crippen molar-refractivity contribution in [3.8, 4) is 17.8 Å². The van der Waals surface area contributed by atoms with Crippen molar-refractivity contribution in [3.63, 3.8) is 0 Å². The van der Waals surface area contributed by atoms with E-state index in [9.17, 15) is 5.26 Å². The average Bonchev–Trinajstić information content (AvgIpc) is 3.06. The van der Waals surface area contributed by atoms with Gasteiger partial charge in [-0.25, -0.2) is 9.97 Å². The summed E-state index contributed by atoms with van der Waals surface area (Å²) in [5, 5.41) is 9.27. The summed E-state index contributed by atoms with van der Waals surface area (Å²) in [5.74, 6) is 3.07. The van der Waals surface area contributed by atoms with Crippen LogP contribution in [-0.2, 0) is 16.6 Å². The highest BCUT2D eigenvalue weighted by Crippen LogP contribution is 2.41. The van der Waals surface area contributed by atoms with E-state index in [2.05, 4.69) is 31.7 Å². The highest BCUT2D eigenvalue weighted by molar-refractivity contribution is 5.62. The molecule has 0 radical (unpaired) electrons. The zero-order valence-electron chi connectivity index (χ0n) is 17.9. The van der Waals surface area contributed by atoms with E-state index < -0.39 is 0 Å². The van der Waals surface area contributed by atoms with Crippen LogP contribution >= 0.6 is 0 Å². The number of nitrogens with zero attached hydrogens (tertiary/aromatic N) is 6. The molecule has 0 aromatic carbocycles. The number of rotatable bonds is 1. The molecular weight excluding hydrogens is 380 g/mol. The summed E-state index contributed by atoms with van der Waals surface area (Å²) in [4.78, 5) is 17.0. The first-order valence-electron chi connectivity index (χ1n) is 10.5. The van der Waals surface area contributed by atoms with Gasteiger partial charge in [0.05, 0.1) is 42.4 Å². The van der Waals surface area contributed by atoms with Gasteiger partial charge in [0.2, 0.25) is 5.95 Å². The third-order valence-electron chi connectivity index (χ3n) is 5.92. The Morgan fingerprint density at radius 3 is 2.77 bits per heavy atom. The molecule has 2 aromatic rings. The van der Waals surface area contributed by atoms with E-state index >= 15 is 0 Å². The smallest absolute Gasteiger partial charge is 0.237 e. The van der Waals surface area contributed by atoms with Crippen LogP contribution in [0.4, 0.5) is 5.82 Å². The van der Waals surface area contributed by atoms with Gasteiger partial charge in [0.15, 0.2) is 11.6 Å². The van der Waals surface area contributed by atoms with E-state index in [1.54, 1.807) is 0 Å². The summed E-state index contributed by atoms with van der Waals surface area (Å²) in [6, 6.07) is 2.43. The molecule has 0 saturated carbocycles. The molecule has 5 rings (SSSR count). The zero-order chi connectivity index (χ0) is 21.0. The number of fused-ring (bicyclic) bond motifs is 4. The van der Waals surface area contributed by atoms with Crippen LogP contribution < -0.4 is 9.64 Å². The number of morpholine rings is 1. The molecule has 0 N–H and O–H groups in total. The maximum atomic E-state index is 9.27.